The van der Waals surface area contributed by atoms with Crippen LogP contribution in [0.5, 0.6) is 0 Å². The van der Waals surface area contributed by atoms with Crippen molar-refractivity contribution in [3.8, 4) is 0 Å². The molecule has 0 fully saturated rings. The van der Waals surface area contributed by atoms with E-state index in [1.54, 1.807) is 0 Å². The average Bonchev–Trinajstić information content (AvgIpc) is 2.14. The Morgan fingerprint density at radius 3 is 2.46 bits per heavy atom. The SMILES string of the molecule is CCCCOCc1ccccc1.[LiH]. The van der Waals surface area contributed by atoms with Crippen molar-refractivity contribution in [2.45, 2.75) is 26.4 Å². The van der Waals surface area contributed by atoms with Crippen molar-refractivity contribution in [2.75, 3.05) is 6.61 Å². The van der Waals surface area contributed by atoms with Crippen molar-refractivity contribution >= 4 is 18.9 Å². The van der Waals surface area contributed by atoms with E-state index in [-0.39, 0.29) is 18.9 Å². The van der Waals surface area contributed by atoms with E-state index >= 15 is 0 Å². The first-order valence-electron chi connectivity index (χ1n) is 4.55. The monoisotopic (exact) mass is 172 g/mol. The van der Waals surface area contributed by atoms with E-state index in [2.05, 4.69) is 19.1 Å². The van der Waals surface area contributed by atoms with E-state index in [0.717, 1.165) is 19.6 Å². The summed E-state index contributed by atoms with van der Waals surface area (Å²) in [6.07, 6.45) is 2.36. The molecule has 68 valence electrons. The molecule has 0 bridgehead atoms. The summed E-state index contributed by atoms with van der Waals surface area (Å²) >= 11 is 0. The normalized spacial score (nSPS) is 9.31. The molecule has 0 saturated carbocycles. The van der Waals surface area contributed by atoms with Gasteiger partial charge in [-0.3, -0.25) is 0 Å². The Morgan fingerprint density at radius 2 is 1.85 bits per heavy atom. The second kappa shape index (κ2) is 8.38. The fraction of sp³-hybridized carbons (Fsp3) is 0.455. The van der Waals surface area contributed by atoms with Gasteiger partial charge in [-0.2, -0.15) is 0 Å². The second-order valence-electron chi connectivity index (χ2n) is 2.89. The van der Waals surface area contributed by atoms with Crippen molar-refractivity contribution in [3.63, 3.8) is 0 Å². The van der Waals surface area contributed by atoms with E-state index in [0.29, 0.717) is 0 Å². The molecule has 0 aromatic heterocycles. The summed E-state index contributed by atoms with van der Waals surface area (Å²) in [5.41, 5.74) is 1.26. The summed E-state index contributed by atoms with van der Waals surface area (Å²) < 4.78 is 5.46. The molecule has 0 unspecified atom stereocenters. The van der Waals surface area contributed by atoms with E-state index < -0.39 is 0 Å². The standard InChI is InChI=1S/C11H16O.Li.H/c1-2-3-9-12-10-11-7-5-4-6-8-11;;/h4-8H,2-3,9-10H2,1H3;;. The number of ether oxygens (including phenoxy) is 1. The molecule has 2 heteroatoms. The van der Waals surface area contributed by atoms with Crippen LogP contribution in [0.1, 0.15) is 25.3 Å². The molecular formula is C11H17LiO. The number of hydrogen-bond donors (Lipinski definition) is 0. The molecule has 1 aromatic carbocycles. The molecule has 0 aliphatic rings. The Hall–Kier alpha value is -0.223. The predicted octanol–water partition coefficient (Wildman–Crippen LogP) is 2.35. The van der Waals surface area contributed by atoms with Crippen LogP contribution in [-0.2, 0) is 11.3 Å². The van der Waals surface area contributed by atoms with Gasteiger partial charge in [0.25, 0.3) is 0 Å². The van der Waals surface area contributed by atoms with Gasteiger partial charge >= 0.3 is 18.9 Å². The van der Waals surface area contributed by atoms with Crippen LogP contribution in [0.4, 0.5) is 0 Å². The van der Waals surface area contributed by atoms with Crippen molar-refractivity contribution < 1.29 is 4.74 Å². The zero-order valence-corrected chi connectivity index (χ0v) is 7.62. The van der Waals surface area contributed by atoms with Crippen LogP contribution in [0.2, 0.25) is 0 Å². The number of rotatable bonds is 5. The molecule has 0 heterocycles. The first kappa shape index (κ1) is 12.8. The average molecular weight is 172 g/mol. The van der Waals surface area contributed by atoms with E-state index in [4.69, 9.17) is 4.74 Å². The molecule has 0 atom stereocenters. The Morgan fingerprint density at radius 1 is 1.15 bits per heavy atom. The van der Waals surface area contributed by atoms with Gasteiger partial charge in [-0.05, 0) is 12.0 Å². The van der Waals surface area contributed by atoms with Gasteiger partial charge < -0.3 is 4.74 Å². The van der Waals surface area contributed by atoms with Crippen molar-refractivity contribution in [1.82, 2.24) is 0 Å². The third-order valence-corrected chi connectivity index (χ3v) is 1.75. The van der Waals surface area contributed by atoms with Gasteiger partial charge in [0.2, 0.25) is 0 Å². The number of hydrogen-bond acceptors (Lipinski definition) is 1. The Bertz CT molecular complexity index is 199. The van der Waals surface area contributed by atoms with Crippen LogP contribution in [0.25, 0.3) is 0 Å². The quantitative estimate of drug-likeness (QED) is 0.489. The Balaban J connectivity index is 0.00000144. The predicted molar refractivity (Wildman–Crippen MR) is 58.2 cm³/mol. The summed E-state index contributed by atoms with van der Waals surface area (Å²) in [5.74, 6) is 0. The summed E-state index contributed by atoms with van der Waals surface area (Å²) in [5, 5.41) is 0. The molecule has 13 heavy (non-hydrogen) atoms. The molecule has 0 amide bonds. The van der Waals surface area contributed by atoms with E-state index in [9.17, 15) is 0 Å². The Kier molecular flexibility index (Phi) is 8.24. The maximum atomic E-state index is 5.46. The fourth-order valence-electron chi connectivity index (χ4n) is 1.01. The number of unbranched alkanes of at least 4 members (excludes halogenated alkanes) is 1. The molecule has 0 aliphatic carbocycles. The molecule has 0 N–H and O–H groups in total. The molecule has 1 aromatic rings. The van der Waals surface area contributed by atoms with Gasteiger partial charge in [0.1, 0.15) is 0 Å². The van der Waals surface area contributed by atoms with E-state index in [1.807, 2.05) is 18.2 Å². The van der Waals surface area contributed by atoms with Crippen molar-refractivity contribution in [3.05, 3.63) is 35.9 Å². The number of benzene rings is 1. The van der Waals surface area contributed by atoms with Gasteiger partial charge in [-0.25, -0.2) is 0 Å². The van der Waals surface area contributed by atoms with Crippen molar-refractivity contribution in [1.29, 1.82) is 0 Å². The maximum absolute atomic E-state index is 5.46. The van der Waals surface area contributed by atoms with Gasteiger partial charge in [0, 0.05) is 6.61 Å². The Labute approximate surface area is 92.7 Å². The van der Waals surface area contributed by atoms with Gasteiger partial charge in [0.15, 0.2) is 0 Å². The third kappa shape index (κ3) is 5.93. The zero-order chi connectivity index (χ0) is 8.65. The summed E-state index contributed by atoms with van der Waals surface area (Å²) in [6, 6.07) is 10.3. The van der Waals surface area contributed by atoms with Crippen LogP contribution >= 0.6 is 0 Å². The third-order valence-electron chi connectivity index (χ3n) is 1.75. The van der Waals surface area contributed by atoms with Crippen LogP contribution in [0, 0.1) is 0 Å². The molecule has 0 radical (unpaired) electrons. The molecule has 0 saturated heterocycles. The van der Waals surface area contributed by atoms with Crippen LogP contribution in [-0.4, -0.2) is 25.5 Å². The van der Waals surface area contributed by atoms with E-state index in [1.165, 1.54) is 12.0 Å². The topological polar surface area (TPSA) is 9.23 Å². The second-order valence-corrected chi connectivity index (χ2v) is 2.89. The molecule has 0 spiro atoms. The summed E-state index contributed by atoms with van der Waals surface area (Å²) in [6.45, 7) is 3.80. The van der Waals surface area contributed by atoms with Gasteiger partial charge in [0.05, 0.1) is 6.61 Å². The molecular weight excluding hydrogens is 155 g/mol. The first-order chi connectivity index (χ1) is 5.93. The molecule has 1 nitrogen and oxygen atoms in total. The van der Waals surface area contributed by atoms with Gasteiger partial charge in [-0.15, -0.1) is 0 Å². The summed E-state index contributed by atoms with van der Waals surface area (Å²) in [4.78, 5) is 0. The molecule has 0 aliphatic heterocycles. The minimum absolute atomic E-state index is 0. The van der Waals surface area contributed by atoms with Crippen LogP contribution < -0.4 is 0 Å². The van der Waals surface area contributed by atoms with Gasteiger partial charge in [-0.1, -0.05) is 43.7 Å². The molecule has 1 rings (SSSR count). The summed E-state index contributed by atoms with van der Waals surface area (Å²) in [7, 11) is 0. The zero-order valence-electron chi connectivity index (χ0n) is 7.62. The van der Waals surface area contributed by atoms with Crippen molar-refractivity contribution in [2.24, 2.45) is 0 Å². The first-order valence-corrected chi connectivity index (χ1v) is 4.55. The minimum atomic E-state index is 0. The fourth-order valence-corrected chi connectivity index (χ4v) is 1.01. The van der Waals surface area contributed by atoms with Crippen LogP contribution in [0.3, 0.4) is 0 Å². The van der Waals surface area contributed by atoms with Crippen LogP contribution in [0.15, 0.2) is 30.3 Å².